The molecular weight excluding hydrogens is 338 g/mol. The molecule has 1 aliphatic heterocycles. The van der Waals surface area contributed by atoms with Gasteiger partial charge in [0.15, 0.2) is 0 Å². The lowest BCUT2D eigenvalue weighted by Gasteiger charge is -2.34. The fourth-order valence-electron chi connectivity index (χ4n) is 3.83. The zero-order valence-corrected chi connectivity index (χ0v) is 15.6. The van der Waals surface area contributed by atoms with Crippen LogP contribution in [0.25, 0.3) is 11.0 Å². The number of H-pyrrole nitrogens is 1. The second-order valence-electron chi connectivity index (χ2n) is 7.09. The van der Waals surface area contributed by atoms with Crippen LogP contribution in [0.3, 0.4) is 0 Å². The van der Waals surface area contributed by atoms with Crippen molar-refractivity contribution in [1.29, 1.82) is 0 Å². The molecule has 1 unspecified atom stereocenters. The van der Waals surface area contributed by atoms with E-state index in [-0.39, 0.29) is 11.9 Å². The molecule has 0 radical (unpaired) electrons. The highest BCUT2D eigenvalue weighted by atomic mass is 16.5. The minimum Gasteiger partial charge on any atom is -0.497 e. The van der Waals surface area contributed by atoms with Crippen LogP contribution in [-0.4, -0.2) is 34.4 Å². The lowest BCUT2D eigenvalue weighted by molar-refractivity contribution is -0.135. The Labute approximate surface area is 159 Å². The number of nitrogens with zero attached hydrogens (tertiary/aromatic N) is 2. The number of piperidine rings is 1. The summed E-state index contributed by atoms with van der Waals surface area (Å²) in [4.78, 5) is 23.1. The summed E-state index contributed by atoms with van der Waals surface area (Å²) < 4.78 is 5.19. The monoisotopic (exact) mass is 363 g/mol. The molecule has 0 spiro atoms. The number of imidazole rings is 1. The number of carbonyl (C=O) groups is 1. The van der Waals surface area contributed by atoms with Gasteiger partial charge in [0, 0.05) is 13.0 Å². The maximum absolute atomic E-state index is 13.0. The normalized spacial score (nSPS) is 17.2. The SMILES string of the molecule is COc1ccc(CCC(=O)N2CCCCC2c2nc3ccccc3[nH]2)cc1. The summed E-state index contributed by atoms with van der Waals surface area (Å²) in [6.45, 7) is 0.809. The van der Waals surface area contributed by atoms with Crippen LogP contribution in [0, 0.1) is 0 Å². The van der Waals surface area contributed by atoms with E-state index in [1.807, 2.05) is 53.4 Å². The third kappa shape index (κ3) is 3.82. The van der Waals surface area contributed by atoms with Crippen LogP contribution in [0.1, 0.15) is 43.1 Å². The molecule has 1 saturated heterocycles. The maximum Gasteiger partial charge on any atom is 0.223 e. The lowest BCUT2D eigenvalue weighted by atomic mass is 10.00. The molecule has 140 valence electrons. The molecule has 2 aromatic carbocycles. The molecule has 1 aromatic heterocycles. The van der Waals surface area contributed by atoms with Gasteiger partial charge in [0.25, 0.3) is 0 Å². The average molecular weight is 363 g/mol. The number of aromatic nitrogens is 2. The number of para-hydroxylation sites is 2. The number of aromatic amines is 1. The summed E-state index contributed by atoms with van der Waals surface area (Å²) in [5, 5.41) is 0. The van der Waals surface area contributed by atoms with E-state index in [2.05, 4.69) is 4.98 Å². The van der Waals surface area contributed by atoms with Crippen LogP contribution in [0.2, 0.25) is 0 Å². The van der Waals surface area contributed by atoms with E-state index in [1.54, 1.807) is 7.11 Å². The summed E-state index contributed by atoms with van der Waals surface area (Å²) in [5.41, 5.74) is 3.15. The molecule has 1 N–H and O–H groups in total. The Morgan fingerprint density at radius 2 is 2.00 bits per heavy atom. The third-order valence-corrected chi connectivity index (χ3v) is 5.33. The van der Waals surface area contributed by atoms with E-state index in [9.17, 15) is 4.79 Å². The molecule has 2 heterocycles. The molecule has 0 bridgehead atoms. The van der Waals surface area contributed by atoms with Gasteiger partial charge in [-0.25, -0.2) is 4.98 Å². The van der Waals surface area contributed by atoms with Crippen molar-refractivity contribution < 1.29 is 9.53 Å². The molecule has 0 aliphatic carbocycles. The maximum atomic E-state index is 13.0. The van der Waals surface area contributed by atoms with Gasteiger partial charge >= 0.3 is 0 Å². The van der Waals surface area contributed by atoms with Crippen molar-refractivity contribution in [1.82, 2.24) is 14.9 Å². The first-order valence-electron chi connectivity index (χ1n) is 9.61. The molecule has 5 heteroatoms. The number of rotatable bonds is 5. The van der Waals surface area contributed by atoms with Crippen LogP contribution < -0.4 is 4.74 Å². The van der Waals surface area contributed by atoms with Crippen molar-refractivity contribution in [3.63, 3.8) is 0 Å². The Morgan fingerprint density at radius 3 is 2.78 bits per heavy atom. The van der Waals surface area contributed by atoms with Gasteiger partial charge in [0.1, 0.15) is 11.6 Å². The molecule has 27 heavy (non-hydrogen) atoms. The second kappa shape index (κ2) is 7.82. The zero-order chi connectivity index (χ0) is 18.6. The Kier molecular flexibility index (Phi) is 5.10. The van der Waals surface area contributed by atoms with Crippen LogP contribution in [0.15, 0.2) is 48.5 Å². The standard InChI is InChI=1S/C22H25N3O2/c1-27-17-12-9-16(10-13-17)11-14-21(26)25-15-5-4-8-20(25)22-23-18-6-2-3-7-19(18)24-22/h2-3,6-7,9-10,12-13,20H,4-5,8,11,14-15H2,1H3,(H,23,24). The summed E-state index contributed by atoms with van der Waals surface area (Å²) in [6, 6.07) is 16.0. The van der Waals surface area contributed by atoms with Crippen molar-refractivity contribution in [3.8, 4) is 5.75 Å². The van der Waals surface area contributed by atoms with Crippen LogP contribution in [0.5, 0.6) is 5.75 Å². The van der Waals surface area contributed by atoms with Gasteiger partial charge in [0.05, 0.1) is 24.2 Å². The third-order valence-electron chi connectivity index (χ3n) is 5.33. The Balaban J connectivity index is 1.46. The molecule has 0 saturated carbocycles. The summed E-state index contributed by atoms with van der Waals surface area (Å²) in [6.07, 6.45) is 4.41. The van der Waals surface area contributed by atoms with E-state index in [0.29, 0.717) is 6.42 Å². The molecule has 1 aliphatic rings. The van der Waals surface area contributed by atoms with Gasteiger partial charge in [-0.15, -0.1) is 0 Å². The molecule has 5 nitrogen and oxygen atoms in total. The zero-order valence-electron chi connectivity index (χ0n) is 15.6. The Morgan fingerprint density at radius 1 is 1.19 bits per heavy atom. The molecule has 4 rings (SSSR count). The number of hydrogen-bond acceptors (Lipinski definition) is 3. The van der Waals surface area contributed by atoms with Crippen LogP contribution in [0.4, 0.5) is 0 Å². The molecule has 1 atom stereocenters. The smallest absolute Gasteiger partial charge is 0.223 e. The van der Waals surface area contributed by atoms with E-state index in [0.717, 1.165) is 60.4 Å². The number of hydrogen-bond donors (Lipinski definition) is 1. The van der Waals surface area contributed by atoms with E-state index >= 15 is 0 Å². The fourth-order valence-corrected chi connectivity index (χ4v) is 3.83. The van der Waals surface area contributed by atoms with Crippen molar-refractivity contribution in [2.45, 2.75) is 38.1 Å². The van der Waals surface area contributed by atoms with Gasteiger partial charge in [-0.3, -0.25) is 4.79 Å². The summed E-state index contributed by atoms with van der Waals surface area (Å²) in [7, 11) is 1.66. The van der Waals surface area contributed by atoms with Gasteiger partial charge in [0.2, 0.25) is 5.91 Å². The quantitative estimate of drug-likeness (QED) is 0.737. The highest BCUT2D eigenvalue weighted by molar-refractivity contribution is 5.78. The first-order valence-corrected chi connectivity index (χ1v) is 9.61. The number of fused-ring (bicyclic) bond motifs is 1. The predicted molar refractivity (Wildman–Crippen MR) is 106 cm³/mol. The number of nitrogens with one attached hydrogen (secondary N) is 1. The van der Waals surface area contributed by atoms with Crippen molar-refractivity contribution in [2.24, 2.45) is 0 Å². The van der Waals surface area contributed by atoms with Crippen LogP contribution in [-0.2, 0) is 11.2 Å². The molecular formula is C22H25N3O2. The summed E-state index contributed by atoms with van der Waals surface area (Å²) in [5.74, 6) is 1.95. The minimum atomic E-state index is 0.0505. The Bertz CT molecular complexity index is 884. The minimum absolute atomic E-state index is 0.0505. The van der Waals surface area contributed by atoms with Gasteiger partial charge in [-0.05, 0) is 55.5 Å². The average Bonchev–Trinajstić information content (AvgIpc) is 3.16. The van der Waals surface area contributed by atoms with Crippen molar-refractivity contribution in [3.05, 3.63) is 59.9 Å². The number of ether oxygens (including phenoxy) is 1. The number of carbonyl (C=O) groups excluding carboxylic acids is 1. The Hall–Kier alpha value is -2.82. The van der Waals surface area contributed by atoms with Crippen molar-refractivity contribution >= 4 is 16.9 Å². The molecule has 1 fully saturated rings. The number of amides is 1. The predicted octanol–water partition coefficient (Wildman–Crippen LogP) is 4.26. The summed E-state index contributed by atoms with van der Waals surface area (Å²) >= 11 is 0. The van der Waals surface area contributed by atoms with E-state index in [4.69, 9.17) is 9.72 Å². The first kappa shape index (κ1) is 17.6. The van der Waals surface area contributed by atoms with Crippen molar-refractivity contribution in [2.75, 3.05) is 13.7 Å². The topological polar surface area (TPSA) is 58.2 Å². The highest BCUT2D eigenvalue weighted by Crippen LogP contribution is 2.31. The molecule has 1 amide bonds. The lowest BCUT2D eigenvalue weighted by Crippen LogP contribution is -2.39. The molecule has 3 aromatic rings. The highest BCUT2D eigenvalue weighted by Gasteiger charge is 2.29. The van der Waals surface area contributed by atoms with E-state index in [1.165, 1.54) is 0 Å². The second-order valence-corrected chi connectivity index (χ2v) is 7.09. The number of methoxy groups -OCH3 is 1. The van der Waals surface area contributed by atoms with Gasteiger partial charge in [-0.1, -0.05) is 24.3 Å². The largest absolute Gasteiger partial charge is 0.497 e. The van der Waals surface area contributed by atoms with Gasteiger partial charge < -0.3 is 14.6 Å². The van der Waals surface area contributed by atoms with Crippen LogP contribution >= 0.6 is 0 Å². The fraction of sp³-hybridized carbons (Fsp3) is 0.364. The van der Waals surface area contributed by atoms with E-state index < -0.39 is 0 Å². The number of aryl methyl sites for hydroxylation is 1. The number of likely N-dealkylation sites (tertiary alicyclic amines) is 1. The first-order chi connectivity index (χ1) is 13.2. The number of benzene rings is 2. The van der Waals surface area contributed by atoms with Gasteiger partial charge in [-0.2, -0.15) is 0 Å².